The summed E-state index contributed by atoms with van der Waals surface area (Å²) < 4.78 is 44.1. The van der Waals surface area contributed by atoms with E-state index in [1.807, 2.05) is 26.8 Å². The summed E-state index contributed by atoms with van der Waals surface area (Å²) in [6, 6.07) is 13.4. The molecule has 0 bridgehead atoms. The summed E-state index contributed by atoms with van der Waals surface area (Å²) in [7, 11) is -2.82. The molecule has 3 rings (SSSR count). The number of methoxy groups -OCH3 is 1. The zero-order chi connectivity index (χ0) is 30.2. The van der Waals surface area contributed by atoms with Crippen LogP contribution in [0.1, 0.15) is 44.7 Å². The first-order valence-corrected chi connectivity index (χ1v) is 14.6. The third kappa shape index (κ3) is 9.14. The van der Waals surface area contributed by atoms with Gasteiger partial charge in [0.05, 0.1) is 31.0 Å². The molecule has 1 amide bonds. The lowest BCUT2D eigenvalue weighted by Gasteiger charge is -2.33. The number of ether oxygens (including phenoxy) is 3. The molecule has 220 valence electrons. The van der Waals surface area contributed by atoms with Crippen molar-refractivity contribution in [1.82, 2.24) is 4.90 Å². The second-order valence-corrected chi connectivity index (χ2v) is 12.3. The van der Waals surface area contributed by atoms with Gasteiger partial charge < -0.3 is 24.2 Å². The lowest BCUT2D eigenvalue weighted by molar-refractivity contribution is -0.134. The second kappa shape index (κ2) is 13.4. The van der Waals surface area contributed by atoms with Crippen molar-refractivity contribution in [2.75, 3.05) is 36.8 Å². The summed E-state index contributed by atoms with van der Waals surface area (Å²) in [5.41, 5.74) is 0.770. The number of carboxylic acid groups (broad SMARTS) is 1. The molecule has 12 heteroatoms. The van der Waals surface area contributed by atoms with Gasteiger partial charge in [0.15, 0.2) is 17.3 Å². The average molecular weight is 586 g/mol. The predicted octanol–water partition coefficient (Wildman–Crippen LogP) is 4.28. The van der Waals surface area contributed by atoms with Crippen LogP contribution >= 0.6 is 0 Å². The van der Waals surface area contributed by atoms with Crippen LogP contribution in [0.15, 0.2) is 48.5 Å². The van der Waals surface area contributed by atoms with E-state index in [2.05, 4.69) is 0 Å². The molecular weight excluding hydrogens is 550 g/mol. The van der Waals surface area contributed by atoms with Crippen molar-refractivity contribution in [3.8, 4) is 17.6 Å². The Balaban J connectivity index is 1.77. The number of benzene rings is 2. The number of anilines is 1. The Morgan fingerprint density at radius 1 is 1.15 bits per heavy atom. The van der Waals surface area contributed by atoms with Crippen LogP contribution in [0.5, 0.6) is 11.5 Å². The molecule has 0 spiro atoms. The quantitative estimate of drug-likeness (QED) is 0.432. The third-order valence-corrected chi connectivity index (χ3v) is 7.70. The summed E-state index contributed by atoms with van der Waals surface area (Å²) in [4.78, 5) is 25.3. The van der Waals surface area contributed by atoms with Crippen molar-refractivity contribution in [2.24, 2.45) is 0 Å². The summed E-state index contributed by atoms with van der Waals surface area (Å²) in [6.45, 7) is 6.22. The zero-order valence-corrected chi connectivity index (χ0v) is 24.4. The van der Waals surface area contributed by atoms with Crippen molar-refractivity contribution >= 4 is 33.8 Å². The molecule has 1 heterocycles. The summed E-state index contributed by atoms with van der Waals surface area (Å²) in [5, 5.41) is 18.3. The van der Waals surface area contributed by atoms with Crippen LogP contribution in [-0.4, -0.2) is 74.7 Å². The number of aliphatic carboxylic acids is 1. The van der Waals surface area contributed by atoms with Crippen molar-refractivity contribution in [2.45, 2.75) is 45.3 Å². The van der Waals surface area contributed by atoms with Crippen LogP contribution in [0.3, 0.4) is 0 Å². The van der Waals surface area contributed by atoms with Crippen LogP contribution in [0.2, 0.25) is 0 Å². The fourth-order valence-corrected chi connectivity index (χ4v) is 5.40. The highest BCUT2D eigenvalue weighted by molar-refractivity contribution is 7.93. The molecule has 0 unspecified atom stereocenters. The van der Waals surface area contributed by atoms with Gasteiger partial charge in [-0.3, -0.25) is 9.10 Å². The molecular formula is C29H35N3O8S. The standard InChI is InChI=1S/C29H35N3O8S/c1-29(2,3)40-28(35)31-15-12-24(13-16-31)39-25-11-10-23(18-26(25)38-4)32(41(36,37)20-27(33)34)14-6-9-21-7-5-8-22(17-21)19-30/h5-11,17-18,24H,12-16,20H2,1-4H3,(H,33,34). The van der Waals surface area contributed by atoms with E-state index < -0.39 is 27.3 Å². The second-order valence-electron chi connectivity index (χ2n) is 10.4. The largest absolute Gasteiger partial charge is 0.493 e. The van der Waals surface area contributed by atoms with Gasteiger partial charge in [-0.2, -0.15) is 5.26 Å². The molecule has 1 saturated heterocycles. The third-order valence-electron chi connectivity index (χ3n) is 6.06. The number of carbonyl (C=O) groups excluding carboxylic acids is 1. The Labute approximate surface area is 240 Å². The number of likely N-dealkylation sites (tertiary alicyclic amines) is 1. The van der Waals surface area contributed by atoms with Crippen LogP contribution in [0.25, 0.3) is 6.08 Å². The fourth-order valence-electron chi connectivity index (χ4n) is 4.18. The number of nitrogens with zero attached hydrogens (tertiary/aromatic N) is 3. The maximum absolute atomic E-state index is 13.0. The minimum absolute atomic E-state index is 0.154. The first-order valence-electron chi connectivity index (χ1n) is 13.0. The van der Waals surface area contributed by atoms with Gasteiger partial charge in [-0.05, 0) is 50.6 Å². The predicted molar refractivity (Wildman–Crippen MR) is 153 cm³/mol. The first kappa shape index (κ1) is 31.3. The number of amides is 1. The lowest BCUT2D eigenvalue weighted by Crippen LogP contribution is -2.44. The molecule has 0 radical (unpaired) electrons. The Hall–Kier alpha value is -4.24. The number of hydrogen-bond acceptors (Lipinski definition) is 8. The van der Waals surface area contributed by atoms with Gasteiger partial charge in [-0.25, -0.2) is 13.2 Å². The van der Waals surface area contributed by atoms with E-state index in [9.17, 15) is 23.1 Å². The van der Waals surface area contributed by atoms with Crippen molar-refractivity contribution in [3.05, 3.63) is 59.7 Å². The number of carboxylic acids is 1. The van der Waals surface area contributed by atoms with Gasteiger partial charge in [0, 0.05) is 32.0 Å². The number of rotatable bonds is 10. The van der Waals surface area contributed by atoms with E-state index in [1.165, 1.54) is 19.2 Å². The van der Waals surface area contributed by atoms with Gasteiger partial charge in [0.25, 0.3) is 0 Å². The Kier molecular flexibility index (Phi) is 10.2. The highest BCUT2D eigenvalue weighted by Crippen LogP contribution is 2.35. The van der Waals surface area contributed by atoms with Crippen molar-refractivity contribution in [1.29, 1.82) is 5.26 Å². The van der Waals surface area contributed by atoms with E-state index in [0.29, 0.717) is 42.8 Å². The van der Waals surface area contributed by atoms with E-state index >= 15 is 0 Å². The van der Waals surface area contributed by atoms with Crippen LogP contribution in [0.4, 0.5) is 10.5 Å². The molecule has 0 aliphatic carbocycles. The number of nitriles is 1. The molecule has 1 fully saturated rings. The molecule has 0 aromatic heterocycles. The van der Waals surface area contributed by atoms with Gasteiger partial charge >= 0.3 is 12.1 Å². The Bertz CT molecular complexity index is 1420. The minimum Gasteiger partial charge on any atom is -0.493 e. The Morgan fingerprint density at radius 3 is 2.46 bits per heavy atom. The average Bonchev–Trinajstić information content (AvgIpc) is 2.90. The first-order chi connectivity index (χ1) is 19.3. The number of carbonyl (C=O) groups is 2. The molecule has 1 aliphatic rings. The van der Waals surface area contributed by atoms with E-state index in [0.717, 1.165) is 4.31 Å². The monoisotopic (exact) mass is 585 g/mol. The maximum atomic E-state index is 13.0. The molecule has 0 saturated carbocycles. The number of piperidine rings is 1. The Morgan fingerprint density at radius 2 is 1.85 bits per heavy atom. The van der Waals surface area contributed by atoms with Gasteiger partial charge in [0.2, 0.25) is 10.0 Å². The van der Waals surface area contributed by atoms with Gasteiger partial charge in [0.1, 0.15) is 11.7 Å². The van der Waals surface area contributed by atoms with E-state index in [1.54, 1.807) is 47.4 Å². The van der Waals surface area contributed by atoms with Gasteiger partial charge in [-0.15, -0.1) is 0 Å². The molecule has 1 N–H and O–H groups in total. The molecule has 1 aliphatic heterocycles. The fraction of sp³-hybridized carbons (Fsp3) is 0.414. The highest BCUT2D eigenvalue weighted by Gasteiger charge is 2.29. The minimum atomic E-state index is -4.25. The summed E-state index contributed by atoms with van der Waals surface area (Å²) in [5.74, 6) is -1.91. The van der Waals surface area contributed by atoms with Crippen molar-refractivity contribution in [3.63, 3.8) is 0 Å². The van der Waals surface area contributed by atoms with E-state index in [-0.39, 0.29) is 30.2 Å². The lowest BCUT2D eigenvalue weighted by atomic mass is 10.1. The molecule has 2 aromatic carbocycles. The van der Waals surface area contributed by atoms with Crippen LogP contribution < -0.4 is 13.8 Å². The van der Waals surface area contributed by atoms with Crippen molar-refractivity contribution < 1.29 is 37.3 Å². The van der Waals surface area contributed by atoms with Crippen LogP contribution in [0, 0.1) is 11.3 Å². The maximum Gasteiger partial charge on any atom is 0.410 e. The SMILES string of the molecule is COc1cc(N(CC=Cc2cccc(C#N)c2)S(=O)(=O)CC(=O)O)ccc1OC1CCN(C(=O)OC(C)(C)C)CC1. The topological polar surface area (TPSA) is 146 Å². The molecule has 2 aromatic rings. The van der Waals surface area contributed by atoms with Crippen LogP contribution in [-0.2, 0) is 19.6 Å². The normalized spacial score (nSPS) is 14.4. The molecule has 41 heavy (non-hydrogen) atoms. The number of sulfonamides is 1. The molecule has 0 atom stereocenters. The summed E-state index contributed by atoms with van der Waals surface area (Å²) >= 11 is 0. The molecule has 11 nitrogen and oxygen atoms in total. The number of hydrogen-bond donors (Lipinski definition) is 1. The van der Waals surface area contributed by atoms with E-state index in [4.69, 9.17) is 19.5 Å². The highest BCUT2D eigenvalue weighted by atomic mass is 32.2. The summed E-state index contributed by atoms with van der Waals surface area (Å²) in [6.07, 6.45) is 3.80. The smallest absolute Gasteiger partial charge is 0.410 e. The zero-order valence-electron chi connectivity index (χ0n) is 23.6. The van der Waals surface area contributed by atoms with Gasteiger partial charge in [-0.1, -0.05) is 24.3 Å².